The molecule has 1 aliphatic carbocycles. The van der Waals surface area contributed by atoms with Crippen molar-refractivity contribution in [2.45, 2.75) is 88.4 Å². The van der Waals surface area contributed by atoms with E-state index >= 15 is 0 Å². The van der Waals surface area contributed by atoms with Crippen molar-refractivity contribution in [2.75, 3.05) is 105 Å². The minimum absolute atomic E-state index is 0.00754. The molecule has 4 unspecified atom stereocenters. The molecule has 4 aromatic rings. The summed E-state index contributed by atoms with van der Waals surface area (Å²) in [6.45, 7) is 11.1. The van der Waals surface area contributed by atoms with Gasteiger partial charge in [-0.1, -0.05) is 59.1 Å². The number of likely N-dealkylation sites (N-methyl/N-ethyl adjacent to an activating group) is 1. The summed E-state index contributed by atoms with van der Waals surface area (Å²) in [5.74, 6) is 1.08. The van der Waals surface area contributed by atoms with E-state index in [2.05, 4.69) is 44.4 Å². The first kappa shape index (κ1) is 60.5. The summed E-state index contributed by atoms with van der Waals surface area (Å²) in [4.78, 5) is 96.0. The molecule has 0 spiro atoms. The normalized spacial score (nSPS) is 22.5. The van der Waals surface area contributed by atoms with Crippen LogP contribution in [0.1, 0.15) is 50.2 Å². The van der Waals surface area contributed by atoms with Gasteiger partial charge in [-0.2, -0.15) is 9.97 Å². The lowest BCUT2D eigenvalue weighted by Gasteiger charge is -2.38. The molecule has 3 fully saturated rings. The summed E-state index contributed by atoms with van der Waals surface area (Å²) >= 11 is 27.6. The van der Waals surface area contributed by atoms with Crippen LogP contribution >= 0.6 is 46.4 Å². The SMILES string of the molecule is C=CCNC1CN(C(=O)C2CCC(Oc3cc(OC)c(Cl)c(N4Cc5cnc(N[C@@H]6CC[C@@H](C(=O)OCC)C[C@@H]6NC(=O)C=C)nc5N(C)C4=O)c3Cl)CN2C)CC1Nc1ncc2c(n1)N(C)C(=O)N(c1c(Cl)c(OC)cc(OC)c1Cl)C2. The van der Waals surface area contributed by atoms with E-state index in [0.717, 1.165) is 0 Å². The van der Waals surface area contributed by atoms with Crippen LogP contribution in [0.5, 0.6) is 23.0 Å². The van der Waals surface area contributed by atoms with E-state index in [1.165, 1.54) is 47.0 Å². The number of carbonyl (C=O) groups is 5. The number of hydrogen-bond acceptors (Lipinski definition) is 18. The van der Waals surface area contributed by atoms with E-state index < -0.39 is 36.2 Å². The maximum absolute atomic E-state index is 14.5. The Morgan fingerprint density at radius 3 is 1.75 bits per heavy atom. The van der Waals surface area contributed by atoms with Crippen molar-refractivity contribution in [3.8, 4) is 23.0 Å². The average Bonchev–Trinajstić information content (AvgIpc) is 3.15. The Bertz CT molecular complexity index is 3170. The van der Waals surface area contributed by atoms with Crippen LogP contribution < -0.4 is 59.8 Å². The first-order chi connectivity index (χ1) is 39.8. The molecule has 0 radical (unpaired) electrons. The Kier molecular flexibility index (Phi) is 18.8. The monoisotopic (exact) mass is 1220 g/mol. The molecule has 4 N–H and O–H groups in total. The summed E-state index contributed by atoms with van der Waals surface area (Å²) < 4.78 is 28.5. The number of likely N-dealkylation sites (tertiary alicyclic amines) is 2. The number of methoxy groups -OCH3 is 3. The van der Waals surface area contributed by atoms with Crippen LogP contribution in [0.3, 0.4) is 0 Å². The Morgan fingerprint density at radius 2 is 1.23 bits per heavy atom. The zero-order valence-corrected chi connectivity index (χ0v) is 50.0. The van der Waals surface area contributed by atoms with Crippen LogP contribution in [0, 0.1) is 5.92 Å². The van der Waals surface area contributed by atoms with Gasteiger partial charge in [-0.3, -0.25) is 38.9 Å². The second-order valence-electron chi connectivity index (χ2n) is 20.7. The zero-order chi connectivity index (χ0) is 59.6. The summed E-state index contributed by atoms with van der Waals surface area (Å²) in [5, 5.41) is 13.6. The number of nitrogens with zero attached hydrogens (tertiary/aromatic N) is 10. The largest absolute Gasteiger partial charge is 0.495 e. The molecule has 28 heteroatoms. The molecule has 444 valence electrons. The van der Waals surface area contributed by atoms with Crippen LogP contribution in [-0.2, 0) is 32.2 Å². The third kappa shape index (κ3) is 12.3. The average molecular weight is 1230 g/mol. The van der Waals surface area contributed by atoms with Crippen LogP contribution in [0.2, 0.25) is 20.1 Å². The van der Waals surface area contributed by atoms with Crippen molar-refractivity contribution in [3.05, 3.63) is 81.1 Å². The number of piperidine rings is 1. The van der Waals surface area contributed by atoms with Gasteiger partial charge in [-0.05, 0) is 52.2 Å². The quantitative estimate of drug-likeness (QED) is 0.0412. The van der Waals surface area contributed by atoms with Gasteiger partial charge >= 0.3 is 18.0 Å². The Labute approximate surface area is 500 Å². The van der Waals surface area contributed by atoms with Gasteiger partial charge in [0.05, 0.1) is 76.4 Å². The van der Waals surface area contributed by atoms with Gasteiger partial charge in [-0.15, -0.1) is 6.58 Å². The van der Waals surface area contributed by atoms with E-state index in [1.54, 1.807) is 51.6 Å². The molecule has 1 saturated carbocycles. The predicted molar refractivity (Wildman–Crippen MR) is 316 cm³/mol. The smallest absolute Gasteiger partial charge is 0.330 e. The maximum atomic E-state index is 14.5. The lowest BCUT2D eigenvalue weighted by atomic mass is 9.82. The molecule has 6 amide bonds. The molecule has 0 bridgehead atoms. The number of benzene rings is 2. The molecule has 24 nitrogen and oxygen atoms in total. The number of aromatic nitrogens is 4. The van der Waals surface area contributed by atoms with E-state index in [9.17, 15) is 24.0 Å². The molecule has 5 aliphatic rings. The molecule has 2 aromatic heterocycles. The van der Waals surface area contributed by atoms with Crippen molar-refractivity contribution in [2.24, 2.45) is 5.92 Å². The molecule has 83 heavy (non-hydrogen) atoms. The highest BCUT2D eigenvalue weighted by molar-refractivity contribution is 6.43. The minimum atomic E-state index is -0.493. The molecule has 2 saturated heterocycles. The molecule has 6 heterocycles. The molecule has 4 aliphatic heterocycles. The number of rotatable bonds is 19. The van der Waals surface area contributed by atoms with Crippen LogP contribution in [0.25, 0.3) is 0 Å². The van der Waals surface area contributed by atoms with Gasteiger partial charge in [0.1, 0.15) is 60.8 Å². The van der Waals surface area contributed by atoms with E-state index in [1.807, 2.05) is 16.8 Å². The van der Waals surface area contributed by atoms with Gasteiger partial charge in [0.25, 0.3) is 0 Å². The molecular formula is C55H66Cl4N14O10. The first-order valence-corrected chi connectivity index (χ1v) is 28.4. The highest BCUT2D eigenvalue weighted by Crippen LogP contribution is 2.50. The maximum Gasteiger partial charge on any atom is 0.330 e. The number of ether oxygens (including phenoxy) is 5. The van der Waals surface area contributed by atoms with Crippen LogP contribution in [0.4, 0.5) is 44.5 Å². The second kappa shape index (κ2) is 25.8. The number of fused-ring (bicyclic) bond motifs is 2. The van der Waals surface area contributed by atoms with Crippen molar-refractivity contribution in [3.63, 3.8) is 0 Å². The van der Waals surface area contributed by atoms with Gasteiger partial charge < -0.3 is 49.9 Å². The number of halogens is 4. The Hall–Kier alpha value is -7.09. The number of esters is 1. The molecule has 9 rings (SSSR count). The van der Waals surface area contributed by atoms with Gasteiger partial charge in [-0.25, -0.2) is 19.6 Å². The fourth-order valence-corrected chi connectivity index (χ4v) is 12.7. The van der Waals surface area contributed by atoms with Crippen LogP contribution in [0.15, 0.2) is 49.8 Å². The Morgan fingerprint density at radius 1 is 0.699 bits per heavy atom. The standard InChI is InChI=1S/C55H66Cl4N14O10/c1-10-17-60-34-26-71(27-35(34)65-53-62-22-30-23-72(54(77)70(6)49(30)67-53)46-42(56)37(79-7)19-38(80-8)43(46)57)50(75)36-16-14-31(25-68(36)4)83-40-20-39(81-9)44(58)47(45(40)59)73-24-29-21-61-52(66-48(29)69(5)55(73)78)64-32-15-13-28(51(76)82-12-3)18-33(32)63-41(74)11-2/h10-11,19-22,28,31-36,60H,1-2,12-18,23-27H2,3-9H3,(H,63,74)(H,61,64,66)(H,62,65,67)/t28-,31?,32-,33+,34?,35?,36?/m1/s1. The number of urea groups is 2. The first-order valence-electron chi connectivity index (χ1n) is 26.9. The number of anilines is 6. The number of amides is 6. The Balaban J connectivity index is 0.852. The fourth-order valence-electron chi connectivity index (χ4n) is 11.3. The van der Waals surface area contributed by atoms with Crippen molar-refractivity contribution in [1.29, 1.82) is 0 Å². The number of hydrogen-bond donors (Lipinski definition) is 4. The highest BCUT2D eigenvalue weighted by atomic mass is 35.5. The predicted octanol–water partition coefficient (Wildman–Crippen LogP) is 7.18. The lowest BCUT2D eigenvalue weighted by Crippen LogP contribution is -2.53. The minimum Gasteiger partial charge on any atom is -0.495 e. The fraction of sp³-hybridized carbons (Fsp3) is 0.473. The molecular weight excluding hydrogens is 1160 g/mol. The second-order valence-corrected chi connectivity index (χ2v) is 22.2. The molecule has 2 aromatic carbocycles. The van der Waals surface area contributed by atoms with E-state index in [4.69, 9.17) is 80.1 Å². The third-order valence-electron chi connectivity index (χ3n) is 15.6. The van der Waals surface area contributed by atoms with E-state index in [0.29, 0.717) is 81.0 Å². The van der Waals surface area contributed by atoms with Crippen molar-refractivity contribution in [1.82, 2.24) is 40.4 Å². The van der Waals surface area contributed by atoms with Gasteiger partial charge in [0, 0.05) is 88.0 Å². The summed E-state index contributed by atoms with van der Waals surface area (Å²) in [5.41, 5.74) is 1.60. The van der Waals surface area contributed by atoms with Crippen LogP contribution in [-0.4, -0.2) is 171 Å². The topological polar surface area (TPSA) is 251 Å². The highest BCUT2D eigenvalue weighted by Gasteiger charge is 2.43. The van der Waals surface area contributed by atoms with Crippen molar-refractivity contribution >= 4 is 111 Å². The third-order valence-corrected chi connectivity index (χ3v) is 17.0. The van der Waals surface area contributed by atoms with Crippen molar-refractivity contribution < 1.29 is 47.7 Å². The summed E-state index contributed by atoms with van der Waals surface area (Å²) in [6.07, 6.45) is 8.06. The summed E-state index contributed by atoms with van der Waals surface area (Å²) in [7, 11) is 9.41. The van der Waals surface area contributed by atoms with Gasteiger partial charge in [0.15, 0.2) is 0 Å². The zero-order valence-electron chi connectivity index (χ0n) is 47.0. The van der Waals surface area contributed by atoms with E-state index in [-0.39, 0.29) is 122 Å². The lowest BCUT2D eigenvalue weighted by molar-refractivity contribution is -0.149. The number of carbonyl (C=O) groups excluding carboxylic acids is 5. The molecule has 7 atom stereocenters. The number of nitrogens with one attached hydrogen (secondary N) is 4. The summed E-state index contributed by atoms with van der Waals surface area (Å²) in [6, 6.07) is 0.383. The van der Waals surface area contributed by atoms with Gasteiger partial charge in [0.2, 0.25) is 23.7 Å².